The molecule has 4 aromatic heterocycles. The number of aromatic amines is 1. The van der Waals surface area contributed by atoms with Gasteiger partial charge < -0.3 is 14.8 Å². The fraction of sp³-hybridized carbons (Fsp3) is 0.576. The van der Waals surface area contributed by atoms with Crippen LogP contribution in [0.4, 0.5) is 5.82 Å². The number of fused-ring (bicyclic) bond motifs is 2. The number of rotatable bonds is 12. The van der Waals surface area contributed by atoms with E-state index < -0.39 is 0 Å². The van der Waals surface area contributed by atoms with Crippen LogP contribution in [0.1, 0.15) is 78.0 Å². The molecular weight excluding hydrogens is 524 g/mol. The molecule has 1 N–H and O–H groups in total. The Labute approximate surface area is 251 Å². The summed E-state index contributed by atoms with van der Waals surface area (Å²) in [6.07, 6.45) is 3.68. The van der Waals surface area contributed by atoms with Crippen molar-refractivity contribution in [2.24, 2.45) is 5.92 Å². The first kappa shape index (κ1) is 31.5. The second-order valence-corrected chi connectivity index (χ2v) is 12.6. The highest BCUT2D eigenvalue weighted by molar-refractivity contribution is 5.90. The number of nitrogens with one attached hydrogen (secondary N) is 1. The van der Waals surface area contributed by atoms with Gasteiger partial charge in [0.15, 0.2) is 5.65 Å². The molecule has 0 fully saturated rings. The van der Waals surface area contributed by atoms with E-state index in [4.69, 9.17) is 4.98 Å². The summed E-state index contributed by atoms with van der Waals surface area (Å²) in [5.74, 6) is 1.79. The minimum Gasteiger partial charge on any atom is -0.353 e. The van der Waals surface area contributed by atoms with Crippen LogP contribution in [0.15, 0.2) is 24.7 Å². The van der Waals surface area contributed by atoms with Crippen molar-refractivity contribution in [1.82, 2.24) is 34.4 Å². The lowest BCUT2D eigenvalue weighted by Gasteiger charge is -2.35. The number of carbonyl (C=O) groups is 1. The van der Waals surface area contributed by atoms with Gasteiger partial charge in [-0.1, -0.05) is 27.7 Å². The van der Waals surface area contributed by atoms with Gasteiger partial charge in [-0.05, 0) is 83.7 Å². The molecule has 0 bridgehead atoms. The van der Waals surface area contributed by atoms with E-state index in [1.807, 2.05) is 16.5 Å². The molecule has 0 aliphatic heterocycles. The van der Waals surface area contributed by atoms with E-state index in [1.165, 1.54) is 11.1 Å². The fourth-order valence-corrected chi connectivity index (χ4v) is 5.53. The summed E-state index contributed by atoms with van der Waals surface area (Å²) in [5, 5.41) is 4.43. The lowest BCUT2D eigenvalue weighted by molar-refractivity contribution is -0.132. The average molecular weight is 575 g/mol. The number of likely N-dealkylation sites (N-methyl/N-ethyl adjacent to an activating group) is 2. The largest absolute Gasteiger partial charge is 0.353 e. The van der Waals surface area contributed by atoms with Crippen molar-refractivity contribution >= 4 is 28.4 Å². The molecule has 0 saturated heterocycles. The molecule has 228 valence electrons. The molecule has 4 aromatic rings. The standard InChI is InChI=1S/C33H50N8O/c1-12-39(29(42)18-38(11)22(6)7)15-16-40(25(10)20(2)3)28-14-13-27-32(37-28)30(21(4)5)31(36-27)26-17-41-33(34-19-35-41)24(9)23(26)8/h13-14,17,19-22,25,36H,12,15-16,18H2,1-11H3. The number of aryl methyl sites for hydroxylation is 1. The summed E-state index contributed by atoms with van der Waals surface area (Å²) in [6, 6.07) is 4.86. The predicted octanol–water partition coefficient (Wildman–Crippen LogP) is 6.05. The molecule has 4 heterocycles. The maximum atomic E-state index is 13.1. The zero-order chi connectivity index (χ0) is 30.9. The zero-order valence-electron chi connectivity index (χ0n) is 27.5. The number of H-pyrrole nitrogens is 1. The predicted molar refractivity (Wildman–Crippen MR) is 173 cm³/mol. The van der Waals surface area contributed by atoms with Crippen molar-refractivity contribution in [3.05, 3.63) is 41.3 Å². The van der Waals surface area contributed by atoms with Crippen molar-refractivity contribution in [3.63, 3.8) is 0 Å². The number of anilines is 1. The second kappa shape index (κ2) is 12.8. The summed E-state index contributed by atoms with van der Waals surface area (Å²) >= 11 is 0. The Morgan fingerprint density at radius 3 is 2.36 bits per heavy atom. The summed E-state index contributed by atoms with van der Waals surface area (Å²) in [6.45, 7) is 24.2. The highest BCUT2D eigenvalue weighted by Crippen LogP contribution is 2.38. The third-order valence-corrected chi connectivity index (χ3v) is 9.00. The molecule has 4 rings (SSSR count). The van der Waals surface area contributed by atoms with Gasteiger partial charge in [-0.2, -0.15) is 5.10 Å². The molecule has 0 spiro atoms. The van der Waals surface area contributed by atoms with Gasteiger partial charge in [0.25, 0.3) is 0 Å². The van der Waals surface area contributed by atoms with Crippen LogP contribution in [0, 0.1) is 19.8 Å². The quantitative estimate of drug-likeness (QED) is 0.222. The van der Waals surface area contributed by atoms with Gasteiger partial charge in [-0.3, -0.25) is 9.69 Å². The zero-order valence-corrected chi connectivity index (χ0v) is 27.5. The van der Waals surface area contributed by atoms with Gasteiger partial charge in [-0.25, -0.2) is 14.5 Å². The Morgan fingerprint density at radius 1 is 1.02 bits per heavy atom. The number of hydrogen-bond donors (Lipinski definition) is 1. The van der Waals surface area contributed by atoms with Gasteiger partial charge in [0.05, 0.1) is 23.3 Å². The van der Waals surface area contributed by atoms with Gasteiger partial charge >= 0.3 is 0 Å². The number of nitrogens with zero attached hydrogens (tertiary/aromatic N) is 7. The summed E-state index contributed by atoms with van der Waals surface area (Å²) in [7, 11) is 2.01. The number of aromatic nitrogens is 5. The van der Waals surface area contributed by atoms with Crippen molar-refractivity contribution in [1.29, 1.82) is 0 Å². The lowest BCUT2D eigenvalue weighted by Crippen LogP contribution is -2.46. The van der Waals surface area contributed by atoms with Gasteiger partial charge in [0.2, 0.25) is 5.91 Å². The van der Waals surface area contributed by atoms with Crippen LogP contribution in [-0.2, 0) is 4.79 Å². The number of pyridine rings is 2. The van der Waals surface area contributed by atoms with Crippen molar-refractivity contribution < 1.29 is 4.79 Å². The van der Waals surface area contributed by atoms with E-state index in [-0.39, 0.29) is 17.9 Å². The Hall–Kier alpha value is -3.46. The van der Waals surface area contributed by atoms with Crippen LogP contribution in [-0.4, -0.2) is 85.6 Å². The molecule has 1 atom stereocenters. The molecule has 42 heavy (non-hydrogen) atoms. The highest BCUT2D eigenvalue weighted by Gasteiger charge is 2.25. The van der Waals surface area contributed by atoms with Crippen LogP contribution >= 0.6 is 0 Å². The topological polar surface area (TPSA) is 85.7 Å². The van der Waals surface area contributed by atoms with E-state index in [9.17, 15) is 4.79 Å². The molecule has 0 saturated carbocycles. The van der Waals surface area contributed by atoms with Crippen molar-refractivity contribution in [2.45, 2.75) is 87.2 Å². The smallest absolute Gasteiger partial charge is 0.236 e. The third-order valence-electron chi connectivity index (χ3n) is 9.00. The van der Waals surface area contributed by atoms with Gasteiger partial charge in [-0.15, -0.1) is 0 Å². The van der Waals surface area contributed by atoms with E-state index in [0.29, 0.717) is 31.6 Å². The van der Waals surface area contributed by atoms with E-state index in [1.54, 1.807) is 6.33 Å². The maximum Gasteiger partial charge on any atom is 0.236 e. The lowest BCUT2D eigenvalue weighted by atomic mass is 9.95. The molecule has 1 amide bonds. The maximum absolute atomic E-state index is 13.1. The summed E-state index contributed by atoms with van der Waals surface area (Å²) in [5.41, 5.74) is 8.61. The van der Waals surface area contributed by atoms with Crippen LogP contribution in [0.2, 0.25) is 0 Å². The van der Waals surface area contributed by atoms with Crippen LogP contribution in [0.25, 0.3) is 27.9 Å². The van der Waals surface area contributed by atoms with E-state index in [2.05, 4.69) is 112 Å². The molecule has 0 aliphatic rings. The molecule has 0 radical (unpaired) electrons. The number of carbonyl (C=O) groups excluding carboxylic acids is 1. The third kappa shape index (κ3) is 6.16. The fourth-order valence-electron chi connectivity index (χ4n) is 5.53. The second-order valence-electron chi connectivity index (χ2n) is 12.6. The molecule has 9 nitrogen and oxygen atoms in total. The molecule has 0 aromatic carbocycles. The Balaban J connectivity index is 1.74. The first-order chi connectivity index (χ1) is 19.8. The summed E-state index contributed by atoms with van der Waals surface area (Å²) < 4.78 is 1.86. The monoisotopic (exact) mass is 574 g/mol. The number of amides is 1. The highest BCUT2D eigenvalue weighted by atomic mass is 16.2. The molecular formula is C33H50N8O. The van der Waals surface area contributed by atoms with Crippen molar-refractivity contribution in [3.8, 4) is 11.3 Å². The average Bonchev–Trinajstić information content (AvgIpc) is 3.57. The van der Waals surface area contributed by atoms with Crippen LogP contribution in [0.5, 0.6) is 0 Å². The molecule has 0 aliphatic carbocycles. The van der Waals surface area contributed by atoms with E-state index in [0.717, 1.165) is 45.9 Å². The number of hydrogen-bond acceptors (Lipinski definition) is 6. The molecule has 1 unspecified atom stereocenters. The summed E-state index contributed by atoms with van der Waals surface area (Å²) in [4.78, 5) is 33.0. The van der Waals surface area contributed by atoms with E-state index >= 15 is 0 Å². The molecule has 9 heteroatoms. The normalized spacial score (nSPS) is 12.9. The first-order valence-electron chi connectivity index (χ1n) is 15.4. The minimum absolute atomic E-state index is 0.168. The Bertz CT molecular complexity index is 1530. The SMILES string of the molecule is CCN(CCN(c1ccc2[nH]c(-c3cn4ncnc4c(C)c3C)c(C(C)C)c2n1)C(C)C(C)C)C(=O)CN(C)C(C)C. The van der Waals surface area contributed by atoms with Crippen LogP contribution < -0.4 is 4.90 Å². The van der Waals surface area contributed by atoms with Crippen LogP contribution in [0.3, 0.4) is 0 Å². The van der Waals surface area contributed by atoms with Gasteiger partial charge in [0.1, 0.15) is 12.1 Å². The minimum atomic E-state index is 0.168. The first-order valence-corrected chi connectivity index (χ1v) is 15.4. The van der Waals surface area contributed by atoms with Crippen molar-refractivity contribution in [2.75, 3.05) is 38.1 Å². The Kier molecular flexibility index (Phi) is 9.60. The van der Waals surface area contributed by atoms with Gasteiger partial charge in [0, 0.05) is 49.0 Å². The Morgan fingerprint density at radius 2 is 1.74 bits per heavy atom.